The van der Waals surface area contributed by atoms with Gasteiger partial charge in [-0.1, -0.05) is 17.7 Å². The van der Waals surface area contributed by atoms with Crippen LogP contribution in [0.15, 0.2) is 12.1 Å². The van der Waals surface area contributed by atoms with Crippen LogP contribution in [-0.4, -0.2) is 73.6 Å². The van der Waals surface area contributed by atoms with Crippen molar-refractivity contribution in [3.8, 4) is 0 Å². The first kappa shape index (κ1) is 23.7. The van der Waals surface area contributed by atoms with Gasteiger partial charge in [0.25, 0.3) is 0 Å². The van der Waals surface area contributed by atoms with E-state index in [1.807, 2.05) is 32.9 Å². The van der Waals surface area contributed by atoms with E-state index in [0.717, 1.165) is 22.4 Å². The quantitative estimate of drug-likeness (QED) is 0.709. The van der Waals surface area contributed by atoms with Crippen molar-refractivity contribution in [2.45, 2.75) is 46.6 Å². The van der Waals surface area contributed by atoms with Crippen LogP contribution in [0, 0.1) is 20.8 Å². The molecule has 1 aromatic carbocycles. The van der Waals surface area contributed by atoms with Crippen molar-refractivity contribution in [1.82, 2.24) is 15.1 Å². The first-order valence-corrected chi connectivity index (χ1v) is 10.5. The Morgan fingerprint density at radius 2 is 1.63 bits per heavy atom. The van der Waals surface area contributed by atoms with Crippen molar-refractivity contribution < 1.29 is 19.1 Å². The molecule has 1 aliphatic rings. The van der Waals surface area contributed by atoms with Gasteiger partial charge in [-0.25, -0.2) is 4.79 Å². The van der Waals surface area contributed by atoms with E-state index in [1.165, 1.54) is 0 Å². The number of benzene rings is 1. The molecular formula is C22H34N4O4. The Morgan fingerprint density at radius 3 is 2.20 bits per heavy atom. The van der Waals surface area contributed by atoms with E-state index in [0.29, 0.717) is 32.5 Å². The van der Waals surface area contributed by atoms with Crippen molar-refractivity contribution in [2.24, 2.45) is 0 Å². The Kier molecular flexibility index (Phi) is 8.65. The molecule has 0 bridgehead atoms. The fourth-order valence-corrected chi connectivity index (χ4v) is 3.80. The molecule has 0 atom stereocenters. The molecule has 1 aromatic rings. The van der Waals surface area contributed by atoms with Crippen LogP contribution in [0.2, 0.25) is 0 Å². The fraction of sp³-hybridized carbons (Fsp3) is 0.591. The molecule has 1 aliphatic heterocycles. The zero-order chi connectivity index (χ0) is 22.3. The fourth-order valence-electron chi connectivity index (χ4n) is 3.80. The molecule has 8 heteroatoms. The number of rotatable bonds is 7. The first-order valence-electron chi connectivity index (χ1n) is 10.5. The second-order valence-corrected chi connectivity index (χ2v) is 8.02. The van der Waals surface area contributed by atoms with E-state index >= 15 is 0 Å². The second kappa shape index (κ2) is 11.0. The lowest BCUT2D eigenvalue weighted by molar-refractivity contribution is -0.123. The minimum Gasteiger partial charge on any atom is -0.450 e. The number of carbonyl (C=O) groups excluding carboxylic acids is 3. The van der Waals surface area contributed by atoms with Crippen molar-refractivity contribution in [3.63, 3.8) is 0 Å². The van der Waals surface area contributed by atoms with Crippen LogP contribution in [0.4, 0.5) is 10.5 Å². The number of anilines is 1. The van der Waals surface area contributed by atoms with Gasteiger partial charge < -0.3 is 20.3 Å². The van der Waals surface area contributed by atoms with E-state index in [-0.39, 0.29) is 37.0 Å². The maximum Gasteiger partial charge on any atom is 0.409 e. The third-order valence-electron chi connectivity index (χ3n) is 5.15. The molecule has 0 radical (unpaired) electrons. The average Bonchev–Trinajstić information content (AvgIpc) is 2.65. The monoisotopic (exact) mass is 418 g/mol. The summed E-state index contributed by atoms with van der Waals surface area (Å²) in [6.07, 6.45) is 1.09. The normalized spacial score (nSPS) is 14.5. The standard InChI is InChI=1S/C22H34N4O4/c1-6-30-22(29)26-9-7-18(8-10-26)23-19(27)13-25(5)14-20(28)24-21-16(3)11-15(2)12-17(21)4/h11-12,18H,6-10,13-14H2,1-5H3,(H,23,27)(H,24,28). The SMILES string of the molecule is CCOC(=O)N1CCC(NC(=O)CN(C)CC(=O)Nc2c(C)cc(C)cc2C)CC1. The highest BCUT2D eigenvalue weighted by Gasteiger charge is 2.25. The van der Waals surface area contributed by atoms with E-state index in [2.05, 4.69) is 10.6 Å². The predicted octanol–water partition coefficient (Wildman–Crippen LogP) is 2.22. The van der Waals surface area contributed by atoms with E-state index < -0.39 is 0 Å². The molecule has 0 spiro atoms. The number of aryl methyl sites for hydroxylation is 3. The summed E-state index contributed by atoms with van der Waals surface area (Å²) in [5.74, 6) is -0.273. The van der Waals surface area contributed by atoms with E-state index in [1.54, 1.807) is 23.8 Å². The van der Waals surface area contributed by atoms with Gasteiger partial charge in [-0.05, 0) is 58.7 Å². The summed E-state index contributed by atoms with van der Waals surface area (Å²) >= 11 is 0. The highest BCUT2D eigenvalue weighted by molar-refractivity contribution is 5.94. The minimum absolute atomic E-state index is 0.0308. The van der Waals surface area contributed by atoms with Crippen LogP contribution in [0.5, 0.6) is 0 Å². The molecule has 0 unspecified atom stereocenters. The van der Waals surface area contributed by atoms with Crippen molar-refractivity contribution in [3.05, 3.63) is 28.8 Å². The Labute approximate surface area is 178 Å². The number of hydrogen-bond acceptors (Lipinski definition) is 5. The van der Waals surface area contributed by atoms with Gasteiger partial charge in [-0.2, -0.15) is 0 Å². The molecule has 2 N–H and O–H groups in total. The number of amides is 3. The van der Waals surface area contributed by atoms with Gasteiger partial charge in [-0.3, -0.25) is 14.5 Å². The summed E-state index contributed by atoms with van der Waals surface area (Å²) in [4.78, 5) is 39.8. The number of likely N-dealkylation sites (tertiary alicyclic amines) is 1. The van der Waals surface area contributed by atoms with Gasteiger partial charge in [0, 0.05) is 24.8 Å². The third-order valence-corrected chi connectivity index (χ3v) is 5.15. The van der Waals surface area contributed by atoms with Crippen molar-refractivity contribution in [2.75, 3.05) is 45.2 Å². The van der Waals surface area contributed by atoms with Crippen LogP contribution in [0.3, 0.4) is 0 Å². The summed E-state index contributed by atoms with van der Waals surface area (Å²) < 4.78 is 5.01. The topological polar surface area (TPSA) is 91.0 Å². The molecule has 8 nitrogen and oxygen atoms in total. The number of likely N-dealkylation sites (N-methyl/N-ethyl adjacent to an activating group) is 1. The Hall–Kier alpha value is -2.61. The Morgan fingerprint density at radius 1 is 1.07 bits per heavy atom. The van der Waals surface area contributed by atoms with Crippen LogP contribution >= 0.6 is 0 Å². The summed E-state index contributed by atoms with van der Waals surface area (Å²) in [5, 5.41) is 5.95. The molecule has 166 valence electrons. The lowest BCUT2D eigenvalue weighted by Gasteiger charge is -2.31. The van der Waals surface area contributed by atoms with E-state index in [4.69, 9.17) is 4.74 Å². The maximum absolute atomic E-state index is 12.4. The van der Waals surface area contributed by atoms with Gasteiger partial charge >= 0.3 is 6.09 Å². The summed E-state index contributed by atoms with van der Waals surface area (Å²) in [5.41, 5.74) is 4.03. The molecule has 1 fully saturated rings. The van der Waals surface area contributed by atoms with Crippen LogP contribution in [0.1, 0.15) is 36.5 Å². The van der Waals surface area contributed by atoms with Gasteiger partial charge in [0.2, 0.25) is 11.8 Å². The highest BCUT2D eigenvalue weighted by atomic mass is 16.6. The zero-order valence-corrected chi connectivity index (χ0v) is 18.7. The lowest BCUT2D eigenvalue weighted by Crippen LogP contribution is -2.49. The third kappa shape index (κ3) is 7.02. The van der Waals surface area contributed by atoms with Crippen LogP contribution in [0.25, 0.3) is 0 Å². The zero-order valence-electron chi connectivity index (χ0n) is 18.7. The summed E-state index contributed by atoms with van der Waals surface area (Å²) in [6, 6.07) is 4.10. The summed E-state index contributed by atoms with van der Waals surface area (Å²) in [6.45, 7) is 9.51. The molecular weight excluding hydrogens is 384 g/mol. The van der Waals surface area contributed by atoms with Crippen molar-refractivity contribution >= 4 is 23.6 Å². The largest absolute Gasteiger partial charge is 0.450 e. The lowest BCUT2D eigenvalue weighted by atomic mass is 10.1. The van der Waals surface area contributed by atoms with Crippen LogP contribution in [-0.2, 0) is 14.3 Å². The molecule has 0 aliphatic carbocycles. The van der Waals surface area contributed by atoms with Gasteiger partial charge in [0.1, 0.15) is 0 Å². The molecule has 1 heterocycles. The number of nitrogens with one attached hydrogen (secondary N) is 2. The molecule has 2 rings (SSSR count). The minimum atomic E-state index is -0.299. The molecule has 0 saturated carbocycles. The van der Waals surface area contributed by atoms with Gasteiger partial charge in [-0.15, -0.1) is 0 Å². The number of ether oxygens (including phenoxy) is 1. The van der Waals surface area contributed by atoms with Gasteiger partial charge in [0.05, 0.1) is 19.7 Å². The maximum atomic E-state index is 12.4. The molecule has 3 amide bonds. The van der Waals surface area contributed by atoms with E-state index in [9.17, 15) is 14.4 Å². The van der Waals surface area contributed by atoms with Crippen LogP contribution < -0.4 is 10.6 Å². The highest BCUT2D eigenvalue weighted by Crippen LogP contribution is 2.21. The average molecular weight is 419 g/mol. The number of piperidine rings is 1. The molecule has 30 heavy (non-hydrogen) atoms. The summed E-state index contributed by atoms with van der Waals surface area (Å²) in [7, 11) is 1.75. The first-order chi connectivity index (χ1) is 14.2. The number of nitrogens with zero attached hydrogens (tertiary/aromatic N) is 2. The molecule has 0 aromatic heterocycles. The predicted molar refractivity (Wildman–Crippen MR) is 117 cm³/mol. The Bertz CT molecular complexity index is 749. The molecule has 1 saturated heterocycles. The Balaban J connectivity index is 1.74. The number of carbonyl (C=O) groups is 3. The van der Waals surface area contributed by atoms with Crippen molar-refractivity contribution in [1.29, 1.82) is 0 Å². The second-order valence-electron chi connectivity index (χ2n) is 8.02. The smallest absolute Gasteiger partial charge is 0.409 e. The number of hydrogen-bond donors (Lipinski definition) is 2. The van der Waals surface area contributed by atoms with Gasteiger partial charge in [0.15, 0.2) is 0 Å².